The Labute approximate surface area is 215 Å². The van der Waals surface area contributed by atoms with Crippen LogP contribution in [0, 0.1) is 11.3 Å². The van der Waals surface area contributed by atoms with Crippen LogP contribution in [0.5, 0.6) is 0 Å². The van der Waals surface area contributed by atoms with Crippen molar-refractivity contribution in [2.45, 2.75) is 26.2 Å². The third-order valence-corrected chi connectivity index (χ3v) is 7.32. The number of hydrogen-bond donors (Lipinski definition) is 0. The number of nitriles is 1. The molecular weight excluding hydrogens is 454 g/mol. The molecule has 0 saturated carbocycles. The summed E-state index contributed by atoms with van der Waals surface area (Å²) in [5, 5.41) is 12.7. The number of fused-ring (bicyclic) bond motifs is 4. The fraction of sp³-hybridized carbons (Fsp3) is 0.152. The molecule has 6 rings (SSSR count). The summed E-state index contributed by atoms with van der Waals surface area (Å²) in [4.78, 5) is 14.0. The predicted octanol–water partition coefficient (Wildman–Crippen LogP) is 7.45. The minimum atomic E-state index is -0.128. The Balaban J connectivity index is 1.84. The lowest BCUT2D eigenvalue weighted by Crippen LogP contribution is -2.20. The molecule has 0 spiro atoms. The summed E-state index contributed by atoms with van der Waals surface area (Å²) in [7, 11) is 1.81. The van der Waals surface area contributed by atoms with Gasteiger partial charge in [-0.15, -0.1) is 0 Å². The minimum absolute atomic E-state index is 0.00200. The van der Waals surface area contributed by atoms with E-state index in [1.165, 1.54) is 5.56 Å². The zero-order chi connectivity index (χ0) is 25.9. The van der Waals surface area contributed by atoms with Gasteiger partial charge in [0.25, 0.3) is 5.56 Å². The Morgan fingerprint density at radius 2 is 1.35 bits per heavy atom. The van der Waals surface area contributed by atoms with Crippen LogP contribution >= 0.6 is 0 Å². The Morgan fingerprint density at radius 1 is 0.757 bits per heavy atom. The zero-order valence-electron chi connectivity index (χ0n) is 21.4. The summed E-state index contributed by atoms with van der Waals surface area (Å²) in [5.74, 6) is 0. The van der Waals surface area contributed by atoms with Crippen molar-refractivity contribution in [3.8, 4) is 28.5 Å². The second kappa shape index (κ2) is 8.21. The normalized spacial score (nSPS) is 11.9. The van der Waals surface area contributed by atoms with Crippen LogP contribution in [-0.4, -0.2) is 8.97 Å². The predicted molar refractivity (Wildman–Crippen MR) is 152 cm³/mol. The van der Waals surface area contributed by atoms with Crippen LogP contribution in [-0.2, 0) is 12.5 Å². The van der Waals surface area contributed by atoms with Crippen LogP contribution in [0.2, 0.25) is 0 Å². The van der Waals surface area contributed by atoms with Gasteiger partial charge in [0.05, 0.1) is 22.3 Å². The van der Waals surface area contributed by atoms with Crippen molar-refractivity contribution in [1.82, 2.24) is 8.97 Å². The molecule has 0 radical (unpaired) electrons. The third-order valence-electron chi connectivity index (χ3n) is 7.32. The molecule has 0 aliphatic heterocycles. The topological polar surface area (TPSA) is 50.2 Å². The highest BCUT2D eigenvalue weighted by molar-refractivity contribution is 6.01. The van der Waals surface area contributed by atoms with Gasteiger partial charge in [-0.2, -0.15) is 5.26 Å². The Hall–Kier alpha value is -4.62. The average Bonchev–Trinajstić information content (AvgIpc) is 3.26. The monoisotopic (exact) mass is 481 g/mol. The van der Waals surface area contributed by atoms with Crippen LogP contribution in [0.4, 0.5) is 0 Å². The number of aromatic nitrogens is 2. The fourth-order valence-corrected chi connectivity index (χ4v) is 5.34. The highest BCUT2D eigenvalue weighted by atomic mass is 16.1. The molecule has 0 bridgehead atoms. The van der Waals surface area contributed by atoms with Crippen molar-refractivity contribution in [3.05, 3.63) is 112 Å². The van der Waals surface area contributed by atoms with Crippen LogP contribution in [0.3, 0.4) is 0 Å². The van der Waals surface area contributed by atoms with Crippen molar-refractivity contribution in [2.75, 3.05) is 0 Å². The van der Waals surface area contributed by atoms with E-state index in [2.05, 4.69) is 63.2 Å². The molecule has 0 fully saturated rings. The lowest BCUT2D eigenvalue weighted by atomic mass is 9.86. The second-order valence-electron chi connectivity index (χ2n) is 10.6. The van der Waals surface area contributed by atoms with Crippen LogP contribution < -0.4 is 5.56 Å². The summed E-state index contributed by atoms with van der Waals surface area (Å²) < 4.78 is 3.71. The van der Waals surface area contributed by atoms with Crippen molar-refractivity contribution < 1.29 is 0 Å². The van der Waals surface area contributed by atoms with Gasteiger partial charge in [-0.3, -0.25) is 4.79 Å². The third kappa shape index (κ3) is 3.47. The average molecular weight is 482 g/mol. The maximum atomic E-state index is 14.0. The first-order chi connectivity index (χ1) is 17.8. The molecule has 0 aliphatic carbocycles. The number of aryl methyl sites for hydroxylation is 1. The zero-order valence-corrected chi connectivity index (χ0v) is 21.4. The molecule has 0 N–H and O–H groups in total. The molecule has 2 heterocycles. The van der Waals surface area contributed by atoms with E-state index in [9.17, 15) is 10.1 Å². The Morgan fingerprint density at radius 3 is 1.95 bits per heavy atom. The summed E-state index contributed by atoms with van der Waals surface area (Å²) >= 11 is 0. The lowest BCUT2D eigenvalue weighted by Gasteiger charge is -2.19. The molecule has 4 aromatic carbocycles. The van der Waals surface area contributed by atoms with Gasteiger partial charge < -0.3 is 8.97 Å². The number of rotatable bonds is 2. The highest BCUT2D eigenvalue weighted by Crippen LogP contribution is 2.39. The van der Waals surface area contributed by atoms with E-state index in [1.807, 2.05) is 66.0 Å². The molecule has 4 nitrogen and oxygen atoms in total. The summed E-state index contributed by atoms with van der Waals surface area (Å²) in [6.07, 6.45) is 0. The first-order valence-corrected chi connectivity index (χ1v) is 12.5. The van der Waals surface area contributed by atoms with Gasteiger partial charge in [-0.05, 0) is 45.0 Å². The fourth-order valence-electron chi connectivity index (χ4n) is 5.34. The van der Waals surface area contributed by atoms with E-state index in [0.717, 1.165) is 38.6 Å². The standard InChI is InChI=1S/C33H27N3O/c1-33(2,3)25-16-14-21(15-17-25)29-26(20-34)30(22-10-6-5-7-11-22)36-28-19-24-13-9-8-12-23(24)18-27(28)35(4)32(37)31(29)36/h5-19H,1-4H3. The number of hydrogen-bond acceptors (Lipinski definition) is 2. The maximum absolute atomic E-state index is 14.0. The quantitative estimate of drug-likeness (QED) is 0.241. The van der Waals surface area contributed by atoms with Crippen molar-refractivity contribution in [3.63, 3.8) is 0 Å². The van der Waals surface area contributed by atoms with Gasteiger partial charge in [0.15, 0.2) is 0 Å². The molecule has 6 aromatic rings. The maximum Gasteiger partial charge on any atom is 0.275 e. The SMILES string of the molecule is Cn1c(=O)c2c(-c3ccc(C(C)(C)C)cc3)c(C#N)c(-c3ccccc3)n2c2cc3ccccc3cc21. The van der Waals surface area contributed by atoms with Crippen LogP contribution in [0.25, 0.3) is 49.7 Å². The molecule has 2 aromatic heterocycles. The largest absolute Gasteiger partial charge is 0.308 e. The molecule has 0 aliphatic rings. The van der Waals surface area contributed by atoms with Gasteiger partial charge in [0.1, 0.15) is 11.6 Å². The van der Waals surface area contributed by atoms with Gasteiger partial charge in [0, 0.05) is 12.6 Å². The molecule has 4 heteroatoms. The first-order valence-electron chi connectivity index (χ1n) is 12.5. The molecule has 0 saturated heterocycles. The van der Waals surface area contributed by atoms with Crippen LogP contribution in [0.1, 0.15) is 31.9 Å². The summed E-state index contributed by atoms with van der Waals surface area (Å²) in [6, 6.07) is 33.0. The summed E-state index contributed by atoms with van der Waals surface area (Å²) in [5.41, 5.74) is 6.99. The molecule has 0 unspecified atom stereocenters. The minimum Gasteiger partial charge on any atom is -0.308 e. The van der Waals surface area contributed by atoms with Gasteiger partial charge in [-0.25, -0.2) is 0 Å². The highest BCUT2D eigenvalue weighted by Gasteiger charge is 2.26. The molecular formula is C33H27N3O. The first kappa shape index (κ1) is 22.8. The van der Waals surface area contributed by atoms with E-state index < -0.39 is 0 Å². The van der Waals surface area contributed by atoms with Gasteiger partial charge in [-0.1, -0.05) is 99.6 Å². The van der Waals surface area contributed by atoms with E-state index in [-0.39, 0.29) is 11.0 Å². The van der Waals surface area contributed by atoms with Gasteiger partial charge >= 0.3 is 0 Å². The van der Waals surface area contributed by atoms with E-state index >= 15 is 0 Å². The number of nitrogens with zero attached hydrogens (tertiary/aromatic N) is 3. The Kier molecular flexibility index (Phi) is 5.07. The van der Waals surface area contributed by atoms with Crippen molar-refractivity contribution in [2.24, 2.45) is 7.05 Å². The van der Waals surface area contributed by atoms with Crippen molar-refractivity contribution in [1.29, 1.82) is 5.26 Å². The van der Waals surface area contributed by atoms with E-state index in [4.69, 9.17) is 0 Å². The summed E-state index contributed by atoms with van der Waals surface area (Å²) in [6.45, 7) is 6.53. The van der Waals surface area contributed by atoms with Crippen LogP contribution in [0.15, 0.2) is 95.8 Å². The second-order valence-corrected chi connectivity index (χ2v) is 10.6. The molecule has 0 atom stereocenters. The molecule has 37 heavy (non-hydrogen) atoms. The van der Waals surface area contributed by atoms with E-state index in [0.29, 0.717) is 16.6 Å². The Bertz CT molecular complexity index is 1930. The van der Waals surface area contributed by atoms with E-state index in [1.54, 1.807) is 4.57 Å². The smallest absolute Gasteiger partial charge is 0.275 e. The molecule has 0 amide bonds. The van der Waals surface area contributed by atoms with Crippen molar-refractivity contribution >= 4 is 27.3 Å². The number of benzene rings is 4. The lowest BCUT2D eigenvalue weighted by molar-refractivity contribution is 0.590. The van der Waals surface area contributed by atoms with Gasteiger partial charge in [0.2, 0.25) is 0 Å². The molecule has 180 valence electrons.